The molecule has 1 heterocycles. The first-order chi connectivity index (χ1) is 16.9. The predicted octanol–water partition coefficient (Wildman–Crippen LogP) is 5.39. The molecule has 0 radical (unpaired) electrons. The van der Waals surface area contributed by atoms with Crippen molar-refractivity contribution in [1.29, 1.82) is 0 Å². The van der Waals surface area contributed by atoms with E-state index in [9.17, 15) is 9.18 Å². The molecule has 1 aromatic heterocycles. The summed E-state index contributed by atoms with van der Waals surface area (Å²) in [5, 5.41) is 3.29. The van der Waals surface area contributed by atoms with E-state index in [1.165, 1.54) is 27.4 Å². The number of ether oxygens (including phenoxy) is 3. The van der Waals surface area contributed by atoms with Crippen LogP contribution in [0.3, 0.4) is 0 Å². The topological polar surface area (TPSA) is 74.6 Å². The van der Waals surface area contributed by atoms with E-state index >= 15 is 0 Å². The average molecular weight is 498 g/mol. The summed E-state index contributed by atoms with van der Waals surface area (Å²) < 4.78 is 32.5. The number of fused-ring (bicyclic) bond motifs is 1. The molecule has 0 aliphatic heterocycles. The standard InChI is InChI=1S/C26H25ClFN3O4/c1-15(29-26(32)16-12-22(33-2)24(35-4)23(13-16)34-3)25-30-20-10-5-6-11-21(20)31(25)14-17-18(27)8-7-9-19(17)28/h5-13,15H,14H2,1-4H3,(H,29,32)/t15-/m1/s1. The zero-order valence-corrected chi connectivity index (χ0v) is 20.5. The fourth-order valence-electron chi connectivity index (χ4n) is 3.99. The Labute approximate surface area is 207 Å². The smallest absolute Gasteiger partial charge is 0.252 e. The van der Waals surface area contributed by atoms with Gasteiger partial charge >= 0.3 is 0 Å². The van der Waals surface area contributed by atoms with Crippen LogP contribution in [-0.4, -0.2) is 36.8 Å². The Bertz CT molecular complexity index is 1340. The van der Waals surface area contributed by atoms with Crippen LogP contribution in [0.2, 0.25) is 5.02 Å². The lowest BCUT2D eigenvalue weighted by molar-refractivity contribution is 0.0937. The van der Waals surface area contributed by atoms with Crippen LogP contribution in [0.25, 0.3) is 11.0 Å². The van der Waals surface area contributed by atoms with Crippen molar-refractivity contribution in [2.75, 3.05) is 21.3 Å². The molecule has 182 valence electrons. The van der Waals surface area contributed by atoms with E-state index in [0.717, 1.165) is 11.0 Å². The molecule has 4 rings (SSSR count). The van der Waals surface area contributed by atoms with E-state index in [1.807, 2.05) is 35.8 Å². The fraction of sp³-hybridized carbons (Fsp3) is 0.231. The molecule has 0 fully saturated rings. The summed E-state index contributed by atoms with van der Waals surface area (Å²) in [5.41, 5.74) is 2.20. The van der Waals surface area contributed by atoms with Crippen LogP contribution in [0.15, 0.2) is 54.6 Å². The third kappa shape index (κ3) is 4.74. The molecule has 4 aromatic rings. The van der Waals surface area contributed by atoms with Crippen LogP contribution in [-0.2, 0) is 6.54 Å². The Kier molecular flexibility index (Phi) is 7.12. The van der Waals surface area contributed by atoms with Gasteiger partial charge in [0.05, 0.1) is 44.9 Å². The highest BCUT2D eigenvalue weighted by molar-refractivity contribution is 6.31. The van der Waals surface area contributed by atoms with E-state index in [2.05, 4.69) is 5.32 Å². The van der Waals surface area contributed by atoms with E-state index in [-0.39, 0.29) is 12.5 Å². The van der Waals surface area contributed by atoms with E-state index in [4.69, 9.17) is 30.8 Å². The predicted molar refractivity (Wildman–Crippen MR) is 132 cm³/mol. The number of carbonyl (C=O) groups is 1. The molecule has 1 atom stereocenters. The zero-order valence-electron chi connectivity index (χ0n) is 19.8. The molecule has 0 bridgehead atoms. The normalized spacial score (nSPS) is 11.8. The van der Waals surface area contributed by atoms with E-state index in [1.54, 1.807) is 24.3 Å². The SMILES string of the molecule is COc1cc(C(=O)N[C@H](C)c2nc3ccccc3n2Cc2c(F)cccc2Cl)cc(OC)c1OC. The first kappa shape index (κ1) is 24.3. The first-order valence-electron chi connectivity index (χ1n) is 10.9. The highest BCUT2D eigenvalue weighted by atomic mass is 35.5. The quantitative estimate of drug-likeness (QED) is 0.353. The minimum absolute atomic E-state index is 0.158. The highest BCUT2D eigenvalue weighted by Gasteiger charge is 2.23. The molecule has 9 heteroatoms. The van der Waals surface area contributed by atoms with Crippen molar-refractivity contribution in [3.05, 3.63) is 82.4 Å². The molecule has 0 aliphatic carbocycles. The van der Waals surface area contributed by atoms with Crippen molar-refractivity contribution in [3.8, 4) is 17.2 Å². The molecule has 1 N–H and O–H groups in total. The number of imidazole rings is 1. The highest BCUT2D eigenvalue weighted by Crippen LogP contribution is 2.38. The number of hydrogen-bond donors (Lipinski definition) is 1. The lowest BCUT2D eigenvalue weighted by Gasteiger charge is -2.18. The molecule has 35 heavy (non-hydrogen) atoms. The molecule has 0 aliphatic rings. The fourth-order valence-corrected chi connectivity index (χ4v) is 4.21. The second kappa shape index (κ2) is 10.2. The van der Waals surface area contributed by atoms with Crippen molar-refractivity contribution in [3.63, 3.8) is 0 Å². The summed E-state index contributed by atoms with van der Waals surface area (Å²) in [6.07, 6.45) is 0. The first-order valence-corrected chi connectivity index (χ1v) is 11.2. The summed E-state index contributed by atoms with van der Waals surface area (Å²) in [4.78, 5) is 17.9. The maximum atomic E-state index is 14.6. The summed E-state index contributed by atoms with van der Waals surface area (Å²) in [5.74, 6) is 0.918. The summed E-state index contributed by atoms with van der Waals surface area (Å²) in [7, 11) is 4.46. The lowest BCUT2D eigenvalue weighted by atomic mass is 10.1. The number of amides is 1. The van der Waals surface area contributed by atoms with Gasteiger partial charge in [0.25, 0.3) is 5.91 Å². The Hall–Kier alpha value is -3.78. The average Bonchev–Trinajstić information content (AvgIpc) is 3.23. The van der Waals surface area contributed by atoms with Gasteiger partial charge in [-0.2, -0.15) is 0 Å². The van der Waals surface area contributed by atoms with E-state index in [0.29, 0.717) is 39.2 Å². The number of hydrogen-bond acceptors (Lipinski definition) is 5. The maximum absolute atomic E-state index is 14.6. The van der Waals surface area contributed by atoms with E-state index < -0.39 is 11.9 Å². The van der Waals surface area contributed by atoms with Gasteiger partial charge in [0, 0.05) is 16.1 Å². The van der Waals surface area contributed by atoms with Crippen LogP contribution >= 0.6 is 11.6 Å². The van der Waals surface area contributed by atoms with Gasteiger partial charge in [0.2, 0.25) is 5.75 Å². The monoisotopic (exact) mass is 497 g/mol. The van der Waals surface area contributed by atoms with Gasteiger partial charge in [-0.15, -0.1) is 0 Å². The third-order valence-electron chi connectivity index (χ3n) is 5.72. The van der Waals surface area contributed by atoms with Gasteiger partial charge in [0.1, 0.15) is 11.6 Å². The van der Waals surface area contributed by atoms with Crippen molar-refractivity contribution in [1.82, 2.24) is 14.9 Å². The molecule has 3 aromatic carbocycles. The second-order valence-corrected chi connectivity index (χ2v) is 8.26. The number of methoxy groups -OCH3 is 3. The van der Waals surface area contributed by atoms with Crippen molar-refractivity contribution in [2.24, 2.45) is 0 Å². The van der Waals surface area contributed by atoms with Gasteiger partial charge in [-0.25, -0.2) is 9.37 Å². The van der Waals surface area contributed by atoms with Crippen molar-refractivity contribution in [2.45, 2.75) is 19.5 Å². The molecular formula is C26H25ClFN3O4. The van der Waals surface area contributed by atoms with Gasteiger partial charge in [-0.1, -0.05) is 29.8 Å². The Balaban J connectivity index is 1.70. The molecular weight excluding hydrogens is 473 g/mol. The Morgan fingerprint density at radius 3 is 2.37 bits per heavy atom. The zero-order chi connectivity index (χ0) is 25.1. The van der Waals surface area contributed by atoms with Gasteiger partial charge in [0.15, 0.2) is 11.5 Å². The molecule has 1 amide bonds. The second-order valence-electron chi connectivity index (χ2n) is 7.85. The number of aromatic nitrogens is 2. The summed E-state index contributed by atoms with van der Waals surface area (Å²) in [6, 6.07) is 14.7. The summed E-state index contributed by atoms with van der Waals surface area (Å²) >= 11 is 6.30. The minimum Gasteiger partial charge on any atom is -0.493 e. The third-order valence-corrected chi connectivity index (χ3v) is 6.08. The van der Waals surface area contributed by atoms with Crippen LogP contribution in [0.5, 0.6) is 17.2 Å². The Morgan fingerprint density at radius 1 is 1.06 bits per heavy atom. The number of carbonyl (C=O) groups excluding carboxylic acids is 1. The number of benzene rings is 3. The molecule has 7 nitrogen and oxygen atoms in total. The molecule has 0 unspecified atom stereocenters. The molecule has 0 spiro atoms. The van der Waals surface area contributed by atoms with Gasteiger partial charge in [-0.05, 0) is 43.3 Å². The van der Waals surface area contributed by atoms with Crippen LogP contribution in [0.1, 0.15) is 34.7 Å². The summed E-state index contributed by atoms with van der Waals surface area (Å²) in [6.45, 7) is 1.97. The van der Waals surface area contributed by atoms with Crippen molar-refractivity contribution < 1.29 is 23.4 Å². The largest absolute Gasteiger partial charge is 0.493 e. The minimum atomic E-state index is -0.514. The van der Waals surface area contributed by atoms with Gasteiger partial charge < -0.3 is 24.1 Å². The maximum Gasteiger partial charge on any atom is 0.252 e. The van der Waals surface area contributed by atoms with Crippen LogP contribution < -0.4 is 19.5 Å². The lowest BCUT2D eigenvalue weighted by Crippen LogP contribution is -2.29. The van der Waals surface area contributed by atoms with Crippen LogP contribution in [0.4, 0.5) is 4.39 Å². The number of nitrogens with one attached hydrogen (secondary N) is 1. The number of halogens is 2. The number of para-hydroxylation sites is 2. The molecule has 0 saturated carbocycles. The molecule has 0 saturated heterocycles. The van der Waals surface area contributed by atoms with Crippen molar-refractivity contribution >= 4 is 28.5 Å². The van der Waals surface area contributed by atoms with Crippen LogP contribution in [0, 0.1) is 5.82 Å². The van der Waals surface area contributed by atoms with Gasteiger partial charge in [-0.3, -0.25) is 4.79 Å². The number of rotatable bonds is 8. The number of nitrogens with zero attached hydrogens (tertiary/aromatic N) is 2. The Morgan fingerprint density at radius 2 is 1.74 bits per heavy atom.